The number of aryl methyl sites for hydroxylation is 1. The molecule has 0 saturated carbocycles. The standard InChI is InChI=1S/C16H20BrNO2/c1-11-7-4-5-9-13(11)18-10-6-8-12(15(18)20)14(19)16(2,3)17/h4-5,7,9,12H,6,8,10H2,1-3H3/t12-/m0/s1. The molecule has 1 saturated heterocycles. The number of Topliss-reactive ketones (excluding diaryl/α,β-unsaturated/α-hetero) is 1. The maximum atomic E-state index is 12.7. The monoisotopic (exact) mass is 337 g/mol. The normalized spacial score (nSPS) is 20.1. The Kier molecular flexibility index (Phi) is 4.33. The van der Waals surface area contributed by atoms with E-state index in [0.29, 0.717) is 13.0 Å². The molecule has 4 heteroatoms. The Balaban J connectivity index is 2.28. The third-order valence-electron chi connectivity index (χ3n) is 3.75. The second kappa shape index (κ2) is 5.68. The van der Waals surface area contributed by atoms with Crippen molar-refractivity contribution < 1.29 is 9.59 Å². The highest BCUT2D eigenvalue weighted by Gasteiger charge is 2.40. The Morgan fingerprint density at radius 3 is 2.60 bits per heavy atom. The summed E-state index contributed by atoms with van der Waals surface area (Å²) >= 11 is 3.38. The number of benzene rings is 1. The fourth-order valence-corrected chi connectivity index (χ4v) is 2.91. The third-order valence-corrected chi connectivity index (χ3v) is 4.14. The Bertz CT molecular complexity index is 534. The summed E-state index contributed by atoms with van der Waals surface area (Å²) in [4.78, 5) is 26.8. The van der Waals surface area contributed by atoms with Gasteiger partial charge in [-0.2, -0.15) is 0 Å². The second-order valence-corrected chi connectivity index (χ2v) is 7.79. The van der Waals surface area contributed by atoms with Crippen LogP contribution in [0, 0.1) is 12.8 Å². The van der Waals surface area contributed by atoms with Crippen molar-refractivity contribution in [2.45, 2.75) is 37.9 Å². The van der Waals surface area contributed by atoms with Crippen molar-refractivity contribution in [3.8, 4) is 0 Å². The average molecular weight is 338 g/mol. The van der Waals surface area contributed by atoms with Gasteiger partial charge in [-0.3, -0.25) is 9.59 Å². The molecule has 1 aromatic carbocycles. The maximum Gasteiger partial charge on any atom is 0.237 e. The number of halogens is 1. The lowest BCUT2D eigenvalue weighted by Gasteiger charge is -2.34. The number of rotatable bonds is 3. The lowest BCUT2D eigenvalue weighted by Crippen LogP contribution is -2.48. The summed E-state index contributed by atoms with van der Waals surface area (Å²) in [5, 5.41) is 0. The van der Waals surface area contributed by atoms with Crippen LogP contribution in [0.5, 0.6) is 0 Å². The zero-order chi connectivity index (χ0) is 14.9. The van der Waals surface area contributed by atoms with Gasteiger partial charge in [-0.15, -0.1) is 0 Å². The van der Waals surface area contributed by atoms with Crippen LogP contribution in [0.2, 0.25) is 0 Å². The Hall–Kier alpha value is -1.16. The van der Waals surface area contributed by atoms with Crippen molar-refractivity contribution in [2.75, 3.05) is 11.4 Å². The number of alkyl halides is 1. The zero-order valence-corrected chi connectivity index (χ0v) is 13.7. The van der Waals surface area contributed by atoms with Gasteiger partial charge < -0.3 is 4.90 Å². The molecule has 1 fully saturated rings. The smallest absolute Gasteiger partial charge is 0.237 e. The Labute approximate surface area is 128 Å². The van der Waals surface area contributed by atoms with Crippen molar-refractivity contribution in [1.29, 1.82) is 0 Å². The van der Waals surface area contributed by atoms with E-state index in [1.165, 1.54) is 0 Å². The van der Waals surface area contributed by atoms with Gasteiger partial charge in [0.1, 0.15) is 0 Å². The minimum absolute atomic E-state index is 0.0271. The van der Waals surface area contributed by atoms with Gasteiger partial charge in [-0.05, 0) is 45.2 Å². The molecule has 1 aromatic rings. The van der Waals surface area contributed by atoms with Gasteiger partial charge >= 0.3 is 0 Å². The van der Waals surface area contributed by atoms with E-state index in [-0.39, 0.29) is 11.7 Å². The van der Waals surface area contributed by atoms with Crippen LogP contribution in [-0.4, -0.2) is 22.6 Å². The van der Waals surface area contributed by atoms with Crippen molar-refractivity contribution in [1.82, 2.24) is 0 Å². The van der Waals surface area contributed by atoms with Crippen LogP contribution >= 0.6 is 15.9 Å². The van der Waals surface area contributed by atoms with E-state index in [1.807, 2.05) is 31.2 Å². The van der Waals surface area contributed by atoms with E-state index in [2.05, 4.69) is 15.9 Å². The molecule has 0 N–H and O–H groups in total. The molecule has 0 unspecified atom stereocenters. The number of amides is 1. The molecule has 0 radical (unpaired) electrons. The maximum absolute atomic E-state index is 12.7. The van der Waals surface area contributed by atoms with Gasteiger partial charge in [0.05, 0.1) is 10.2 Å². The molecule has 0 aliphatic carbocycles. The van der Waals surface area contributed by atoms with E-state index >= 15 is 0 Å². The first-order valence-electron chi connectivity index (χ1n) is 6.92. The molecule has 108 valence electrons. The first-order valence-corrected chi connectivity index (χ1v) is 7.72. The van der Waals surface area contributed by atoms with E-state index in [9.17, 15) is 9.59 Å². The van der Waals surface area contributed by atoms with Gasteiger partial charge in [0, 0.05) is 12.2 Å². The highest BCUT2D eigenvalue weighted by atomic mass is 79.9. The molecule has 1 amide bonds. The van der Waals surface area contributed by atoms with Gasteiger partial charge in [0.25, 0.3) is 0 Å². The van der Waals surface area contributed by atoms with Gasteiger partial charge in [-0.25, -0.2) is 0 Å². The Morgan fingerprint density at radius 2 is 2.00 bits per heavy atom. The lowest BCUT2D eigenvalue weighted by molar-refractivity contribution is -0.134. The van der Waals surface area contributed by atoms with Crippen LogP contribution in [0.3, 0.4) is 0 Å². The fraction of sp³-hybridized carbons (Fsp3) is 0.500. The molecule has 1 aliphatic heterocycles. The summed E-state index contributed by atoms with van der Waals surface area (Å²) in [5.41, 5.74) is 1.98. The predicted octanol–water partition coefficient (Wildman–Crippen LogP) is 3.48. The summed E-state index contributed by atoms with van der Waals surface area (Å²) in [6, 6.07) is 7.81. The number of ketones is 1. The summed E-state index contributed by atoms with van der Waals surface area (Å²) in [6.07, 6.45) is 1.51. The van der Waals surface area contributed by atoms with Crippen molar-refractivity contribution >= 4 is 33.3 Å². The van der Waals surface area contributed by atoms with Gasteiger partial charge in [0.2, 0.25) is 5.91 Å². The van der Waals surface area contributed by atoms with Crippen molar-refractivity contribution in [3.63, 3.8) is 0 Å². The Morgan fingerprint density at radius 1 is 1.35 bits per heavy atom. The minimum Gasteiger partial charge on any atom is -0.312 e. The van der Waals surface area contributed by atoms with Crippen LogP contribution in [0.1, 0.15) is 32.3 Å². The highest BCUT2D eigenvalue weighted by molar-refractivity contribution is 9.10. The summed E-state index contributed by atoms with van der Waals surface area (Å²) in [7, 11) is 0. The highest BCUT2D eigenvalue weighted by Crippen LogP contribution is 2.31. The van der Waals surface area contributed by atoms with E-state index in [4.69, 9.17) is 0 Å². The molecule has 1 atom stereocenters. The fourth-order valence-electron chi connectivity index (χ4n) is 2.64. The van der Waals surface area contributed by atoms with Gasteiger partial charge in [-0.1, -0.05) is 34.1 Å². The zero-order valence-electron chi connectivity index (χ0n) is 12.1. The minimum atomic E-state index is -0.651. The molecular weight excluding hydrogens is 318 g/mol. The number of para-hydroxylation sites is 1. The lowest BCUT2D eigenvalue weighted by atomic mass is 9.87. The summed E-state index contributed by atoms with van der Waals surface area (Å²) < 4.78 is -0.651. The first-order chi connectivity index (χ1) is 9.32. The number of nitrogens with zero attached hydrogens (tertiary/aromatic N) is 1. The van der Waals surface area contributed by atoms with Crippen LogP contribution in [0.4, 0.5) is 5.69 Å². The topological polar surface area (TPSA) is 37.4 Å². The number of carbonyl (C=O) groups excluding carboxylic acids is 2. The molecule has 20 heavy (non-hydrogen) atoms. The number of hydrogen-bond donors (Lipinski definition) is 0. The SMILES string of the molecule is Cc1ccccc1N1CCC[C@@H](C(=O)C(C)(C)Br)C1=O. The summed E-state index contributed by atoms with van der Waals surface area (Å²) in [6.45, 7) is 6.28. The quantitative estimate of drug-likeness (QED) is 0.625. The molecule has 0 aromatic heterocycles. The number of carbonyl (C=O) groups is 2. The molecule has 3 nitrogen and oxygen atoms in total. The van der Waals surface area contributed by atoms with E-state index < -0.39 is 10.2 Å². The third kappa shape index (κ3) is 2.95. The number of anilines is 1. The van der Waals surface area contributed by atoms with Crippen LogP contribution in [0.25, 0.3) is 0 Å². The molecule has 0 bridgehead atoms. The van der Waals surface area contributed by atoms with E-state index in [0.717, 1.165) is 17.7 Å². The van der Waals surface area contributed by atoms with Crippen LogP contribution < -0.4 is 4.90 Å². The van der Waals surface area contributed by atoms with E-state index in [1.54, 1.807) is 18.7 Å². The first kappa shape index (κ1) is 15.2. The molecular formula is C16H20BrNO2. The number of piperidine rings is 1. The van der Waals surface area contributed by atoms with Crippen molar-refractivity contribution in [2.24, 2.45) is 5.92 Å². The second-order valence-electron chi connectivity index (χ2n) is 5.81. The molecule has 1 heterocycles. The molecule has 1 aliphatic rings. The molecule has 2 rings (SSSR count). The largest absolute Gasteiger partial charge is 0.312 e. The molecule has 0 spiro atoms. The van der Waals surface area contributed by atoms with Gasteiger partial charge in [0.15, 0.2) is 5.78 Å². The van der Waals surface area contributed by atoms with Crippen LogP contribution in [0.15, 0.2) is 24.3 Å². The summed E-state index contributed by atoms with van der Waals surface area (Å²) in [5.74, 6) is -0.624. The predicted molar refractivity (Wildman–Crippen MR) is 84.3 cm³/mol. The number of hydrogen-bond acceptors (Lipinski definition) is 2. The van der Waals surface area contributed by atoms with Crippen LogP contribution in [-0.2, 0) is 9.59 Å². The average Bonchev–Trinajstić information content (AvgIpc) is 2.38. The van der Waals surface area contributed by atoms with Crippen molar-refractivity contribution in [3.05, 3.63) is 29.8 Å².